The molecule has 2 heteroatoms. The molecule has 0 aliphatic carbocycles. The van der Waals surface area contributed by atoms with Crippen LogP contribution in [0.1, 0.15) is 19.8 Å². The summed E-state index contributed by atoms with van der Waals surface area (Å²) in [5, 5.41) is 0. The van der Waals surface area contributed by atoms with Crippen LogP contribution in [0.4, 0.5) is 5.69 Å². The summed E-state index contributed by atoms with van der Waals surface area (Å²) in [6, 6.07) is 9.54. The summed E-state index contributed by atoms with van der Waals surface area (Å²) in [4.78, 5) is 2.50. The van der Waals surface area contributed by atoms with Crippen molar-refractivity contribution in [1.82, 2.24) is 0 Å². The summed E-state index contributed by atoms with van der Waals surface area (Å²) in [5.41, 5.74) is 1.38. The van der Waals surface area contributed by atoms with Crippen LogP contribution in [0.25, 0.3) is 0 Å². The normalized spacial score (nSPS) is 22.3. The lowest BCUT2D eigenvalue weighted by molar-refractivity contribution is 0.735. The van der Waals surface area contributed by atoms with Gasteiger partial charge in [0.1, 0.15) is 0 Å². The number of halogens is 1. The van der Waals surface area contributed by atoms with E-state index < -0.39 is 0 Å². The molecule has 0 spiro atoms. The van der Waals surface area contributed by atoms with Gasteiger partial charge >= 0.3 is 0 Å². The number of anilines is 1. The average molecular weight is 287 g/mol. The molecular weight excluding hydrogens is 273 g/mol. The fraction of sp³-hybridized carbons (Fsp3) is 0.455. The molecule has 0 aromatic heterocycles. The largest absolute Gasteiger partial charge is 0.369 e. The van der Waals surface area contributed by atoms with Crippen LogP contribution in [0, 0.1) is 3.57 Å². The lowest BCUT2D eigenvalue weighted by Gasteiger charge is -2.23. The van der Waals surface area contributed by atoms with Crippen LogP contribution in [-0.4, -0.2) is 12.6 Å². The summed E-state index contributed by atoms with van der Waals surface area (Å²) < 4.78 is 1.31. The standard InChI is InChI=1S/C11H14IN/c1-9-3-2-8-13(9)11-6-4-10(12)5-7-11/h4-7,9H,2-3,8H2,1H3. The van der Waals surface area contributed by atoms with Gasteiger partial charge < -0.3 is 4.90 Å². The first-order valence-electron chi connectivity index (χ1n) is 4.79. The molecule has 1 unspecified atom stereocenters. The molecule has 0 radical (unpaired) electrons. The molecule has 1 fully saturated rings. The minimum absolute atomic E-state index is 0.722. The van der Waals surface area contributed by atoms with Gasteiger partial charge in [0.25, 0.3) is 0 Å². The second kappa shape index (κ2) is 3.86. The highest BCUT2D eigenvalue weighted by Gasteiger charge is 2.19. The van der Waals surface area contributed by atoms with E-state index in [1.54, 1.807) is 0 Å². The molecule has 0 saturated carbocycles. The van der Waals surface area contributed by atoms with Crippen molar-refractivity contribution in [2.75, 3.05) is 11.4 Å². The van der Waals surface area contributed by atoms with Crippen molar-refractivity contribution in [3.05, 3.63) is 27.8 Å². The van der Waals surface area contributed by atoms with Gasteiger partial charge in [0, 0.05) is 21.8 Å². The van der Waals surface area contributed by atoms with Gasteiger partial charge in [0.05, 0.1) is 0 Å². The molecule has 0 N–H and O–H groups in total. The van der Waals surface area contributed by atoms with Crippen LogP contribution in [0.3, 0.4) is 0 Å². The third-order valence-electron chi connectivity index (χ3n) is 2.71. The highest BCUT2D eigenvalue weighted by Crippen LogP contribution is 2.25. The molecule has 1 heterocycles. The SMILES string of the molecule is CC1CCCN1c1ccc(I)cc1. The predicted molar refractivity (Wildman–Crippen MR) is 65.2 cm³/mol. The Balaban J connectivity index is 2.20. The molecule has 70 valence electrons. The van der Waals surface area contributed by atoms with E-state index in [4.69, 9.17) is 0 Å². The Morgan fingerprint density at radius 2 is 2.00 bits per heavy atom. The summed E-state index contributed by atoms with van der Waals surface area (Å²) in [7, 11) is 0. The van der Waals surface area contributed by atoms with Crippen molar-refractivity contribution in [2.24, 2.45) is 0 Å². The lowest BCUT2D eigenvalue weighted by atomic mass is 10.2. The zero-order valence-corrected chi connectivity index (χ0v) is 9.99. The van der Waals surface area contributed by atoms with E-state index in [9.17, 15) is 0 Å². The Labute approximate surface area is 93.3 Å². The first kappa shape index (κ1) is 9.31. The van der Waals surface area contributed by atoms with Gasteiger partial charge in [-0.15, -0.1) is 0 Å². The zero-order chi connectivity index (χ0) is 9.26. The maximum Gasteiger partial charge on any atom is 0.0369 e. The number of hydrogen-bond acceptors (Lipinski definition) is 1. The van der Waals surface area contributed by atoms with E-state index >= 15 is 0 Å². The third kappa shape index (κ3) is 1.98. The van der Waals surface area contributed by atoms with Gasteiger partial charge in [-0.05, 0) is 66.6 Å². The fourth-order valence-electron chi connectivity index (χ4n) is 1.95. The van der Waals surface area contributed by atoms with Gasteiger partial charge in [-0.3, -0.25) is 0 Å². The maximum absolute atomic E-state index is 2.50. The first-order valence-corrected chi connectivity index (χ1v) is 5.87. The Kier molecular flexibility index (Phi) is 2.77. The minimum atomic E-state index is 0.722. The quantitative estimate of drug-likeness (QED) is 0.716. The van der Waals surface area contributed by atoms with E-state index in [0.717, 1.165) is 6.04 Å². The van der Waals surface area contributed by atoms with Crippen molar-refractivity contribution in [2.45, 2.75) is 25.8 Å². The van der Waals surface area contributed by atoms with Crippen LogP contribution >= 0.6 is 22.6 Å². The minimum Gasteiger partial charge on any atom is -0.369 e. The Morgan fingerprint density at radius 1 is 1.31 bits per heavy atom. The van der Waals surface area contributed by atoms with Crippen molar-refractivity contribution < 1.29 is 0 Å². The number of benzene rings is 1. The van der Waals surface area contributed by atoms with Crippen molar-refractivity contribution in [3.63, 3.8) is 0 Å². The molecule has 1 atom stereocenters. The van der Waals surface area contributed by atoms with Crippen LogP contribution in [-0.2, 0) is 0 Å². The average Bonchev–Trinajstić information content (AvgIpc) is 2.53. The number of nitrogens with zero attached hydrogens (tertiary/aromatic N) is 1. The fourth-order valence-corrected chi connectivity index (χ4v) is 2.31. The Morgan fingerprint density at radius 3 is 2.54 bits per heavy atom. The van der Waals surface area contributed by atoms with Crippen LogP contribution in [0.5, 0.6) is 0 Å². The van der Waals surface area contributed by atoms with E-state index in [0.29, 0.717) is 0 Å². The molecule has 0 bridgehead atoms. The second-order valence-corrected chi connectivity index (χ2v) is 4.91. The molecule has 1 aliphatic rings. The van der Waals surface area contributed by atoms with E-state index in [1.165, 1.54) is 28.6 Å². The van der Waals surface area contributed by atoms with Crippen molar-refractivity contribution >= 4 is 28.3 Å². The number of hydrogen-bond donors (Lipinski definition) is 0. The van der Waals surface area contributed by atoms with Gasteiger partial charge in [-0.2, -0.15) is 0 Å². The summed E-state index contributed by atoms with van der Waals surface area (Å²) in [5.74, 6) is 0. The summed E-state index contributed by atoms with van der Waals surface area (Å²) >= 11 is 2.35. The van der Waals surface area contributed by atoms with E-state index in [2.05, 4.69) is 58.7 Å². The zero-order valence-electron chi connectivity index (χ0n) is 7.83. The highest BCUT2D eigenvalue weighted by atomic mass is 127. The van der Waals surface area contributed by atoms with E-state index in [-0.39, 0.29) is 0 Å². The predicted octanol–water partition coefficient (Wildman–Crippen LogP) is 3.28. The van der Waals surface area contributed by atoms with Gasteiger partial charge in [0.2, 0.25) is 0 Å². The Bertz CT molecular complexity index is 281. The third-order valence-corrected chi connectivity index (χ3v) is 3.43. The molecular formula is C11H14IN. The van der Waals surface area contributed by atoms with Crippen LogP contribution in [0.2, 0.25) is 0 Å². The smallest absolute Gasteiger partial charge is 0.0369 e. The van der Waals surface area contributed by atoms with Gasteiger partial charge in [-0.25, -0.2) is 0 Å². The highest BCUT2D eigenvalue weighted by molar-refractivity contribution is 14.1. The summed E-state index contributed by atoms with van der Waals surface area (Å²) in [6.07, 6.45) is 2.68. The van der Waals surface area contributed by atoms with Gasteiger partial charge in [0.15, 0.2) is 0 Å². The molecule has 2 rings (SSSR count). The van der Waals surface area contributed by atoms with E-state index in [1.807, 2.05) is 0 Å². The molecule has 1 aromatic rings. The van der Waals surface area contributed by atoms with Gasteiger partial charge in [-0.1, -0.05) is 0 Å². The molecule has 1 nitrogen and oxygen atoms in total. The van der Waals surface area contributed by atoms with Crippen LogP contribution < -0.4 is 4.90 Å². The van der Waals surface area contributed by atoms with Crippen LogP contribution in [0.15, 0.2) is 24.3 Å². The molecule has 1 saturated heterocycles. The molecule has 1 aliphatic heterocycles. The monoisotopic (exact) mass is 287 g/mol. The second-order valence-electron chi connectivity index (χ2n) is 3.66. The summed E-state index contributed by atoms with van der Waals surface area (Å²) in [6.45, 7) is 3.53. The maximum atomic E-state index is 2.50. The molecule has 13 heavy (non-hydrogen) atoms. The van der Waals surface area contributed by atoms with Crippen molar-refractivity contribution in [1.29, 1.82) is 0 Å². The first-order chi connectivity index (χ1) is 6.27. The topological polar surface area (TPSA) is 3.24 Å². The number of rotatable bonds is 1. The van der Waals surface area contributed by atoms with Crippen molar-refractivity contribution in [3.8, 4) is 0 Å². The molecule has 1 aromatic carbocycles. The Hall–Kier alpha value is -0.250. The molecule has 0 amide bonds. The lowest BCUT2D eigenvalue weighted by Crippen LogP contribution is -2.25.